The lowest BCUT2D eigenvalue weighted by molar-refractivity contribution is -0.122. The average molecular weight is 401 g/mol. The summed E-state index contributed by atoms with van der Waals surface area (Å²) in [7, 11) is 0. The number of hydrogen-bond donors (Lipinski definition) is 1. The molecule has 2 nitrogen and oxygen atoms in total. The first-order valence-electron chi connectivity index (χ1n) is 12.6. The molecule has 0 spiro atoms. The smallest absolute Gasteiger partial charge is 0.135 e. The molecule has 4 aliphatic carbocycles. The van der Waals surface area contributed by atoms with E-state index < -0.39 is 0 Å². The molecule has 1 N–H and O–H groups in total. The third-order valence-electron chi connectivity index (χ3n) is 10.3. The van der Waals surface area contributed by atoms with E-state index in [1.165, 1.54) is 38.5 Å². The van der Waals surface area contributed by atoms with Crippen molar-refractivity contribution in [2.75, 3.05) is 0 Å². The largest absolute Gasteiger partial charge is 0.393 e. The number of rotatable bonds is 5. The number of carbonyl (C=O) groups is 1. The van der Waals surface area contributed by atoms with Gasteiger partial charge in [-0.1, -0.05) is 46.3 Å². The summed E-state index contributed by atoms with van der Waals surface area (Å²) in [5, 5.41) is 10.2. The Morgan fingerprint density at radius 1 is 1.10 bits per heavy atom. The highest BCUT2D eigenvalue weighted by Crippen LogP contribution is 2.67. The monoisotopic (exact) mass is 400 g/mol. The van der Waals surface area contributed by atoms with Gasteiger partial charge in [-0.25, -0.2) is 0 Å². The van der Waals surface area contributed by atoms with Crippen LogP contribution in [0.2, 0.25) is 0 Å². The average Bonchev–Trinajstić information content (AvgIpc) is 3.03. The molecule has 8 atom stereocenters. The van der Waals surface area contributed by atoms with Crippen molar-refractivity contribution in [1.82, 2.24) is 0 Å². The summed E-state index contributed by atoms with van der Waals surface area (Å²) < 4.78 is 0. The Morgan fingerprint density at radius 3 is 2.59 bits per heavy atom. The van der Waals surface area contributed by atoms with E-state index in [0.29, 0.717) is 22.5 Å². The Balaban J connectivity index is 1.49. The fraction of sp³-hybridized carbons (Fsp3) is 0.889. The molecule has 0 heterocycles. The summed E-state index contributed by atoms with van der Waals surface area (Å²) in [4.78, 5) is 12.2. The Kier molecular flexibility index (Phi) is 5.82. The van der Waals surface area contributed by atoms with Gasteiger partial charge in [0.1, 0.15) is 5.78 Å². The molecule has 4 unspecified atom stereocenters. The second-order valence-corrected chi connectivity index (χ2v) is 12.0. The molecule has 4 aliphatic rings. The molecule has 4 rings (SSSR count). The maximum absolute atomic E-state index is 12.2. The summed E-state index contributed by atoms with van der Waals surface area (Å²) in [6.07, 6.45) is 14.1. The van der Waals surface area contributed by atoms with Crippen LogP contribution in [0.15, 0.2) is 11.6 Å². The van der Waals surface area contributed by atoms with E-state index in [0.717, 1.165) is 49.4 Å². The SMILES string of the molecule is CC(C)C(=O)CC[C@@H](C)[C@H]1CCC2C3CC=C4CC(O)CC[C@]4(C)C3CC[C@@]21C. The van der Waals surface area contributed by atoms with Gasteiger partial charge in [-0.2, -0.15) is 0 Å². The minimum absolute atomic E-state index is 0.106. The number of fused-ring (bicyclic) bond motifs is 5. The van der Waals surface area contributed by atoms with Crippen LogP contribution in [0.4, 0.5) is 0 Å². The Morgan fingerprint density at radius 2 is 1.86 bits per heavy atom. The first-order chi connectivity index (χ1) is 13.7. The van der Waals surface area contributed by atoms with Crippen molar-refractivity contribution in [2.45, 2.75) is 105 Å². The van der Waals surface area contributed by atoms with Crippen molar-refractivity contribution < 1.29 is 9.90 Å². The number of hydrogen-bond acceptors (Lipinski definition) is 2. The van der Waals surface area contributed by atoms with Crippen LogP contribution in [0.25, 0.3) is 0 Å². The molecular formula is C27H44O2. The molecule has 164 valence electrons. The highest BCUT2D eigenvalue weighted by atomic mass is 16.3. The number of Topliss-reactive ketones (excluding diaryl/α,β-unsaturated/α-hetero) is 1. The Labute approximate surface area is 178 Å². The molecule has 3 saturated carbocycles. The summed E-state index contributed by atoms with van der Waals surface area (Å²) in [5.41, 5.74) is 2.39. The quantitative estimate of drug-likeness (QED) is 0.530. The molecule has 0 bridgehead atoms. The second-order valence-electron chi connectivity index (χ2n) is 12.0. The minimum atomic E-state index is -0.106. The van der Waals surface area contributed by atoms with Crippen molar-refractivity contribution in [1.29, 1.82) is 0 Å². The van der Waals surface area contributed by atoms with Gasteiger partial charge >= 0.3 is 0 Å². The van der Waals surface area contributed by atoms with E-state index >= 15 is 0 Å². The van der Waals surface area contributed by atoms with Crippen LogP contribution < -0.4 is 0 Å². The van der Waals surface area contributed by atoms with Crippen LogP contribution in [0.3, 0.4) is 0 Å². The lowest BCUT2D eigenvalue weighted by atomic mass is 9.47. The Hall–Kier alpha value is -0.630. The summed E-state index contributed by atoms with van der Waals surface area (Å²) >= 11 is 0. The molecule has 3 fully saturated rings. The molecule has 0 saturated heterocycles. The third kappa shape index (κ3) is 3.56. The van der Waals surface area contributed by atoms with E-state index in [1.54, 1.807) is 5.57 Å². The summed E-state index contributed by atoms with van der Waals surface area (Å²) in [6.45, 7) is 11.6. The van der Waals surface area contributed by atoms with E-state index in [1.807, 2.05) is 13.8 Å². The number of allylic oxidation sites excluding steroid dienone is 1. The standard InChI is InChI=1S/C27H44O2/c1-17(2)25(29)11-6-18(3)22-9-10-23-21-8-7-19-16-20(28)12-14-26(19,4)24(21)13-15-27(22,23)5/h7,17-18,20-24,28H,6,8-16H2,1-5H3/t18-,20?,21?,22-,23?,24?,26+,27-/m1/s1. The van der Waals surface area contributed by atoms with Crippen molar-refractivity contribution >= 4 is 5.78 Å². The molecule has 0 aromatic heterocycles. The molecule has 0 aromatic carbocycles. The van der Waals surface area contributed by atoms with Gasteiger partial charge < -0.3 is 5.11 Å². The normalized spacial score (nSPS) is 45.2. The predicted octanol–water partition coefficient (Wildman–Crippen LogP) is 6.57. The van der Waals surface area contributed by atoms with Crippen LogP contribution in [0, 0.1) is 46.3 Å². The molecule has 0 aliphatic heterocycles. The number of aliphatic hydroxyl groups is 1. The van der Waals surface area contributed by atoms with Crippen LogP contribution in [-0.4, -0.2) is 17.0 Å². The molecule has 0 amide bonds. The van der Waals surface area contributed by atoms with Gasteiger partial charge in [0.15, 0.2) is 0 Å². The lowest BCUT2D eigenvalue weighted by Crippen LogP contribution is -2.50. The van der Waals surface area contributed by atoms with Gasteiger partial charge in [0.2, 0.25) is 0 Å². The van der Waals surface area contributed by atoms with Crippen LogP contribution in [0.1, 0.15) is 98.8 Å². The third-order valence-corrected chi connectivity index (χ3v) is 10.3. The van der Waals surface area contributed by atoms with Crippen LogP contribution >= 0.6 is 0 Å². The molecule has 0 aromatic rings. The first kappa shape index (κ1) is 21.6. The fourth-order valence-corrected chi connectivity index (χ4v) is 8.48. The van der Waals surface area contributed by atoms with Crippen molar-refractivity contribution in [3.63, 3.8) is 0 Å². The zero-order valence-corrected chi connectivity index (χ0v) is 19.5. The minimum Gasteiger partial charge on any atom is -0.393 e. The van der Waals surface area contributed by atoms with Gasteiger partial charge in [0.25, 0.3) is 0 Å². The van der Waals surface area contributed by atoms with Crippen molar-refractivity contribution in [3.8, 4) is 0 Å². The topological polar surface area (TPSA) is 37.3 Å². The highest BCUT2D eigenvalue weighted by Gasteiger charge is 2.59. The summed E-state index contributed by atoms with van der Waals surface area (Å²) in [5.74, 6) is 4.60. The highest BCUT2D eigenvalue weighted by molar-refractivity contribution is 5.80. The van der Waals surface area contributed by atoms with E-state index in [2.05, 4.69) is 26.8 Å². The first-order valence-corrected chi connectivity index (χ1v) is 12.6. The van der Waals surface area contributed by atoms with Crippen LogP contribution in [-0.2, 0) is 4.79 Å². The predicted molar refractivity (Wildman–Crippen MR) is 119 cm³/mol. The van der Waals surface area contributed by atoms with E-state index in [9.17, 15) is 9.90 Å². The number of aliphatic hydroxyl groups excluding tert-OH is 1. The van der Waals surface area contributed by atoms with Gasteiger partial charge in [0.05, 0.1) is 6.10 Å². The van der Waals surface area contributed by atoms with Gasteiger partial charge in [-0.05, 0) is 98.2 Å². The van der Waals surface area contributed by atoms with Gasteiger partial charge in [-0.15, -0.1) is 0 Å². The molecule has 29 heavy (non-hydrogen) atoms. The maximum atomic E-state index is 12.2. The zero-order chi connectivity index (χ0) is 21.0. The molecule has 0 radical (unpaired) electrons. The van der Waals surface area contributed by atoms with Crippen molar-refractivity contribution in [2.24, 2.45) is 46.3 Å². The van der Waals surface area contributed by atoms with Crippen LogP contribution in [0.5, 0.6) is 0 Å². The van der Waals surface area contributed by atoms with E-state index in [4.69, 9.17) is 0 Å². The lowest BCUT2D eigenvalue weighted by Gasteiger charge is -2.58. The van der Waals surface area contributed by atoms with Crippen molar-refractivity contribution in [3.05, 3.63) is 11.6 Å². The zero-order valence-electron chi connectivity index (χ0n) is 19.5. The Bertz CT molecular complexity index is 663. The molecule has 2 heteroatoms. The van der Waals surface area contributed by atoms with E-state index in [-0.39, 0.29) is 12.0 Å². The number of ketones is 1. The molecular weight excluding hydrogens is 356 g/mol. The maximum Gasteiger partial charge on any atom is 0.135 e. The second kappa shape index (κ2) is 7.81. The summed E-state index contributed by atoms with van der Waals surface area (Å²) in [6, 6.07) is 0. The van der Waals surface area contributed by atoms with Gasteiger partial charge in [-0.3, -0.25) is 4.79 Å². The number of carbonyl (C=O) groups excluding carboxylic acids is 1. The van der Waals surface area contributed by atoms with Gasteiger partial charge in [0, 0.05) is 12.3 Å². The fourth-order valence-electron chi connectivity index (χ4n) is 8.48.